The third-order valence-corrected chi connectivity index (χ3v) is 4.33. The molecule has 3 nitrogen and oxygen atoms in total. The van der Waals surface area contributed by atoms with Crippen LogP contribution in [0.1, 0.15) is 71.6 Å². The topological polar surface area (TPSA) is 46.5 Å². The van der Waals surface area contributed by atoms with Gasteiger partial charge in [-0.25, -0.2) is 0 Å². The van der Waals surface area contributed by atoms with E-state index in [4.69, 9.17) is 4.74 Å². The van der Waals surface area contributed by atoms with Crippen molar-refractivity contribution in [3.8, 4) is 0 Å². The van der Waals surface area contributed by atoms with Gasteiger partial charge >= 0.3 is 5.97 Å². The molecule has 0 atom stereocenters. The zero-order chi connectivity index (χ0) is 14.1. The number of rotatable bonds is 7. The number of hydrogen-bond donors (Lipinski definition) is 1. The van der Waals surface area contributed by atoms with E-state index in [-0.39, 0.29) is 0 Å². The van der Waals surface area contributed by atoms with Crippen molar-refractivity contribution in [2.24, 2.45) is 11.3 Å². The highest BCUT2D eigenvalue weighted by Gasteiger charge is 2.37. The largest absolute Gasteiger partial charge is 0.481 e. The van der Waals surface area contributed by atoms with E-state index < -0.39 is 11.4 Å². The summed E-state index contributed by atoms with van der Waals surface area (Å²) in [5, 5.41) is 9.59. The predicted molar refractivity (Wildman–Crippen MR) is 77.3 cm³/mol. The monoisotopic (exact) mass is 270 g/mol. The molecule has 1 aliphatic carbocycles. The van der Waals surface area contributed by atoms with E-state index in [1.54, 1.807) is 0 Å². The Hall–Kier alpha value is -0.570. The minimum atomic E-state index is -0.609. The smallest absolute Gasteiger partial charge is 0.309 e. The molecule has 0 aromatic carbocycles. The molecule has 0 amide bonds. The zero-order valence-corrected chi connectivity index (χ0v) is 12.6. The van der Waals surface area contributed by atoms with Gasteiger partial charge in [0, 0.05) is 13.2 Å². The molecule has 1 rings (SSSR count). The number of hydrogen-bond acceptors (Lipinski definition) is 2. The van der Waals surface area contributed by atoms with Gasteiger partial charge in [0.2, 0.25) is 0 Å². The van der Waals surface area contributed by atoms with Crippen LogP contribution in [0, 0.1) is 11.3 Å². The molecule has 0 spiro atoms. The first-order valence-electron chi connectivity index (χ1n) is 7.88. The molecule has 0 heterocycles. The Bertz CT molecular complexity index is 253. The molecular weight excluding hydrogens is 240 g/mol. The van der Waals surface area contributed by atoms with E-state index in [2.05, 4.69) is 13.8 Å². The van der Waals surface area contributed by atoms with Gasteiger partial charge in [0.1, 0.15) is 0 Å². The fourth-order valence-electron chi connectivity index (χ4n) is 2.84. The Kier molecular flexibility index (Phi) is 7.44. The van der Waals surface area contributed by atoms with E-state index in [0.717, 1.165) is 38.7 Å². The Labute approximate surface area is 117 Å². The first-order chi connectivity index (χ1) is 9.07. The second-order valence-electron chi connectivity index (χ2n) is 6.40. The summed E-state index contributed by atoms with van der Waals surface area (Å²) in [4.78, 5) is 11.7. The highest BCUT2D eigenvalue weighted by molar-refractivity contribution is 5.74. The fraction of sp³-hybridized carbons (Fsp3) is 0.938. The molecule has 112 valence electrons. The van der Waals surface area contributed by atoms with Crippen molar-refractivity contribution in [1.29, 1.82) is 0 Å². The minimum Gasteiger partial charge on any atom is -0.481 e. The van der Waals surface area contributed by atoms with Crippen molar-refractivity contribution in [2.45, 2.75) is 71.6 Å². The van der Waals surface area contributed by atoms with Crippen molar-refractivity contribution >= 4 is 5.97 Å². The molecule has 1 N–H and O–H groups in total. The Morgan fingerprint density at radius 2 is 1.68 bits per heavy atom. The molecule has 0 bridgehead atoms. The van der Waals surface area contributed by atoms with Crippen LogP contribution in [-0.2, 0) is 9.53 Å². The Balaban J connectivity index is 2.39. The van der Waals surface area contributed by atoms with E-state index in [1.165, 1.54) is 19.3 Å². The third kappa shape index (κ3) is 5.94. The SMILES string of the molecule is CC(C)CCOCCC1(C(=O)O)CCCCCCC1. The van der Waals surface area contributed by atoms with Crippen molar-refractivity contribution in [3.63, 3.8) is 0 Å². The van der Waals surface area contributed by atoms with E-state index in [1.807, 2.05) is 0 Å². The quantitative estimate of drug-likeness (QED) is 0.703. The number of carbonyl (C=O) groups is 1. The summed E-state index contributed by atoms with van der Waals surface area (Å²) >= 11 is 0. The predicted octanol–water partition coefficient (Wildman–Crippen LogP) is 4.25. The maximum Gasteiger partial charge on any atom is 0.309 e. The van der Waals surface area contributed by atoms with Crippen LogP contribution in [0.4, 0.5) is 0 Å². The van der Waals surface area contributed by atoms with Crippen LogP contribution < -0.4 is 0 Å². The summed E-state index contributed by atoms with van der Waals surface area (Å²) in [6.45, 7) is 5.71. The van der Waals surface area contributed by atoms with Crippen LogP contribution in [0.3, 0.4) is 0 Å². The molecule has 19 heavy (non-hydrogen) atoms. The van der Waals surface area contributed by atoms with Gasteiger partial charge in [-0.2, -0.15) is 0 Å². The maximum atomic E-state index is 11.7. The number of carboxylic acid groups (broad SMARTS) is 1. The average molecular weight is 270 g/mol. The Morgan fingerprint density at radius 1 is 1.11 bits per heavy atom. The van der Waals surface area contributed by atoms with Crippen LogP contribution >= 0.6 is 0 Å². The van der Waals surface area contributed by atoms with Crippen molar-refractivity contribution < 1.29 is 14.6 Å². The second-order valence-corrected chi connectivity index (χ2v) is 6.40. The van der Waals surface area contributed by atoms with Gasteiger partial charge in [0.25, 0.3) is 0 Å². The first kappa shape index (κ1) is 16.5. The van der Waals surface area contributed by atoms with Crippen LogP contribution in [-0.4, -0.2) is 24.3 Å². The molecule has 0 aliphatic heterocycles. The lowest BCUT2D eigenvalue weighted by atomic mass is 9.74. The molecule has 0 radical (unpaired) electrons. The molecular formula is C16H30O3. The zero-order valence-electron chi connectivity index (χ0n) is 12.6. The van der Waals surface area contributed by atoms with Gasteiger partial charge in [-0.3, -0.25) is 4.79 Å². The van der Waals surface area contributed by atoms with Gasteiger partial charge in [0.05, 0.1) is 5.41 Å². The van der Waals surface area contributed by atoms with E-state index in [0.29, 0.717) is 18.9 Å². The number of aliphatic carboxylic acids is 1. The molecule has 1 aliphatic rings. The van der Waals surface area contributed by atoms with Gasteiger partial charge in [-0.15, -0.1) is 0 Å². The normalized spacial score (nSPS) is 19.9. The van der Waals surface area contributed by atoms with Crippen LogP contribution in [0.5, 0.6) is 0 Å². The summed E-state index contributed by atoms with van der Waals surface area (Å²) in [5.74, 6) is 0.0386. The lowest BCUT2D eigenvalue weighted by Gasteiger charge is -2.31. The van der Waals surface area contributed by atoms with Crippen LogP contribution in [0.15, 0.2) is 0 Å². The third-order valence-electron chi connectivity index (χ3n) is 4.33. The summed E-state index contributed by atoms with van der Waals surface area (Å²) in [6.07, 6.45) is 9.13. The van der Waals surface area contributed by atoms with E-state index in [9.17, 15) is 9.90 Å². The fourth-order valence-corrected chi connectivity index (χ4v) is 2.84. The maximum absolute atomic E-state index is 11.7. The molecule has 1 saturated carbocycles. The summed E-state index contributed by atoms with van der Waals surface area (Å²) in [5.41, 5.74) is -0.516. The van der Waals surface area contributed by atoms with Crippen molar-refractivity contribution in [3.05, 3.63) is 0 Å². The highest BCUT2D eigenvalue weighted by Crippen LogP contribution is 2.37. The van der Waals surface area contributed by atoms with E-state index >= 15 is 0 Å². The average Bonchev–Trinajstić information content (AvgIpc) is 2.30. The summed E-state index contributed by atoms with van der Waals surface area (Å²) in [7, 11) is 0. The molecule has 0 aromatic rings. The van der Waals surface area contributed by atoms with Crippen LogP contribution in [0.25, 0.3) is 0 Å². The molecule has 3 heteroatoms. The molecule has 1 fully saturated rings. The Morgan fingerprint density at radius 3 is 2.21 bits per heavy atom. The molecule has 0 saturated heterocycles. The first-order valence-corrected chi connectivity index (χ1v) is 7.88. The highest BCUT2D eigenvalue weighted by atomic mass is 16.5. The van der Waals surface area contributed by atoms with Gasteiger partial charge in [-0.05, 0) is 31.6 Å². The van der Waals surface area contributed by atoms with Gasteiger partial charge < -0.3 is 9.84 Å². The van der Waals surface area contributed by atoms with Crippen molar-refractivity contribution in [1.82, 2.24) is 0 Å². The summed E-state index contributed by atoms with van der Waals surface area (Å²) in [6, 6.07) is 0. The number of ether oxygens (including phenoxy) is 1. The van der Waals surface area contributed by atoms with Gasteiger partial charge in [0.15, 0.2) is 0 Å². The lowest BCUT2D eigenvalue weighted by molar-refractivity contribution is -0.151. The summed E-state index contributed by atoms with van der Waals surface area (Å²) < 4.78 is 5.63. The standard InChI is InChI=1S/C16H30O3/c1-14(2)8-12-19-13-11-16(15(17)18)9-6-4-3-5-7-10-16/h14H,3-13H2,1-2H3,(H,17,18). The lowest BCUT2D eigenvalue weighted by Crippen LogP contribution is -2.33. The van der Waals surface area contributed by atoms with Gasteiger partial charge in [-0.1, -0.05) is 46.0 Å². The van der Waals surface area contributed by atoms with Crippen LogP contribution in [0.2, 0.25) is 0 Å². The minimum absolute atomic E-state index is 0.516. The van der Waals surface area contributed by atoms with Crippen molar-refractivity contribution in [2.75, 3.05) is 13.2 Å². The number of carboxylic acids is 1. The molecule has 0 aromatic heterocycles. The molecule has 0 unspecified atom stereocenters. The second kappa shape index (κ2) is 8.57.